The van der Waals surface area contributed by atoms with Gasteiger partial charge in [-0.05, 0) is 26.0 Å². The van der Waals surface area contributed by atoms with Gasteiger partial charge in [-0.3, -0.25) is 8.98 Å². The third kappa shape index (κ3) is 7.53. The molecule has 0 saturated carbocycles. The Morgan fingerprint density at radius 1 is 1.27 bits per heavy atom. The molecule has 1 atom stereocenters. The van der Waals surface area contributed by atoms with Gasteiger partial charge in [-0.1, -0.05) is 29.8 Å². The van der Waals surface area contributed by atoms with Gasteiger partial charge in [0.15, 0.2) is 0 Å². The lowest BCUT2D eigenvalue weighted by Gasteiger charge is -2.21. The molecule has 0 aromatic heterocycles. The number of benzene rings is 1. The number of carboxylic acid groups (broad SMARTS) is 1. The molecular weight excluding hydrogens is 306 g/mol. The van der Waals surface area contributed by atoms with Crippen LogP contribution in [0.4, 0.5) is 0 Å². The van der Waals surface area contributed by atoms with Gasteiger partial charge in [0, 0.05) is 13.1 Å². The standard InChI is InChI=1S/C15H23NO5S/c1-12-4-6-13(7-5-12)14(21-22(3,19)20)8-10-16(2)11-9-15(17)18/h4-7,14H,8-11H2,1-3H3,(H,17,18). The summed E-state index contributed by atoms with van der Waals surface area (Å²) in [5.41, 5.74) is 1.88. The Morgan fingerprint density at radius 3 is 2.36 bits per heavy atom. The lowest BCUT2D eigenvalue weighted by Crippen LogP contribution is -2.25. The molecule has 22 heavy (non-hydrogen) atoms. The summed E-state index contributed by atoms with van der Waals surface area (Å²) in [5, 5.41) is 8.67. The summed E-state index contributed by atoms with van der Waals surface area (Å²) in [6.45, 7) is 2.91. The summed E-state index contributed by atoms with van der Waals surface area (Å²) in [6.07, 6.45) is 0.982. The lowest BCUT2D eigenvalue weighted by molar-refractivity contribution is -0.137. The summed E-state index contributed by atoms with van der Waals surface area (Å²) in [6, 6.07) is 7.51. The van der Waals surface area contributed by atoms with Crippen LogP contribution in [0, 0.1) is 6.92 Å². The molecule has 7 heteroatoms. The van der Waals surface area contributed by atoms with Crippen molar-refractivity contribution in [3.05, 3.63) is 35.4 Å². The largest absolute Gasteiger partial charge is 0.481 e. The van der Waals surface area contributed by atoms with Crippen LogP contribution in [0.3, 0.4) is 0 Å². The fraction of sp³-hybridized carbons (Fsp3) is 0.533. The molecule has 1 aromatic carbocycles. The number of aliphatic carboxylic acids is 1. The van der Waals surface area contributed by atoms with E-state index in [2.05, 4.69) is 0 Å². The van der Waals surface area contributed by atoms with Crippen molar-refractivity contribution >= 4 is 16.1 Å². The summed E-state index contributed by atoms with van der Waals surface area (Å²) in [7, 11) is -1.77. The molecule has 124 valence electrons. The van der Waals surface area contributed by atoms with E-state index in [1.165, 1.54) is 0 Å². The molecule has 0 bridgehead atoms. The van der Waals surface area contributed by atoms with Crippen LogP contribution in [0.2, 0.25) is 0 Å². The third-order valence-electron chi connectivity index (χ3n) is 3.22. The maximum atomic E-state index is 11.4. The Labute approximate surface area is 131 Å². The molecule has 1 N–H and O–H groups in total. The van der Waals surface area contributed by atoms with Crippen molar-refractivity contribution in [2.75, 3.05) is 26.4 Å². The highest BCUT2D eigenvalue weighted by Gasteiger charge is 2.18. The van der Waals surface area contributed by atoms with Crippen LogP contribution >= 0.6 is 0 Å². The fourth-order valence-electron chi connectivity index (χ4n) is 2.00. The summed E-state index contributed by atoms with van der Waals surface area (Å²) < 4.78 is 28.0. The van der Waals surface area contributed by atoms with E-state index < -0.39 is 22.2 Å². The topological polar surface area (TPSA) is 83.9 Å². The highest BCUT2D eigenvalue weighted by atomic mass is 32.2. The number of nitrogens with zero attached hydrogens (tertiary/aromatic N) is 1. The minimum atomic E-state index is -3.57. The van der Waals surface area contributed by atoms with Crippen LogP contribution in [-0.4, -0.2) is 50.8 Å². The fourth-order valence-corrected chi connectivity index (χ4v) is 2.63. The number of carbonyl (C=O) groups is 1. The molecule has 0 aliphatic heterocycles. The normalized spacial score (nSPS) is 13.3. The number of carboxylic acids is 1. The Balaban J connectivity index is 2.70. The van der Waals surface area contributed by atoms with E-state index in [1.54, 1.807) is 7.05 Å². The first-order valence-corrected chi connectivity index (χ1v) is 8.84. The second kappa shape index (κ2) is 8.26. The average Bonchev–Trinajstić information content (AvgIpc) is 2.41. The molecule has 1 aromatic rings. The van der Waals surface area contributed by atoms with Crippen LogP contribution in [0.5, 0.6) is 0 Å². The van der Waals surface area contributed by atoms with Gasteiger partial charge in [-0.2, -0.15) is 8.42 Å². The van der Waals surface area contributed by atoms with Gasteiger partial charge in [0.05, 0.1) is 12.7 Å². The van der Waals surface area contributed by atoms with Gasteiger partial charge >= 0.3 is 5.97 Å². The van der Waals surface area contributed by atoms with Gasteiger partial charge in [-0.15, -0.1) is 0 Å². The van der Waals surface area contributed by atoms with Gasteiger partial charge in [0.2, 0.25) is 0 Å². The van der Waals surface area contributed by atoms with E-state index in [9.17, 15) is 13.2 Å². The first-order chi connectivity index (χ1) is 10.2. The SMILES string of the molecule is Cc1ccc(C(CCN(C)CCC(=O)O)OS(C)(=O)=O)cc1. The maximum Gasteiger partial charge on any atom is 0.304 e. The molecule has 0 fully saturated rings. The summed E-state index contributed by atoms with van der Waals surface area (Å²) in [5.74, 6) is -0.852. The van der Waals surface area contributed by atoms with E-state index in [1.807, 2.05) is 36.1 Å². The second-order valence-corrected chi connectivity index (χ2v) is 7.04. The van der Waals surface area contributed by atoms with Crippen molar-refractivity contribution in [3.8, 4) is 0 Å². The summed E-state index contributed by atoms with van der Waals surface area (Å²) in [4.78, 5) is 12.4. The Kier molecular flexibility index (Phi) is 6.99. The van der Waals surface area contributed by atoms with E-state index in [4.69, 9.17) is 9.29 Å². The predicted molar refractivity (Wildman–Crippen MR) is 84.2 cm³/mol. The number of hydrogen-bond acceptors (Lipinski definition) is 5. The Morgan fingerprint density at radius 2 is 1.86 bits per heavy atom. The highest BCUT2D eigenvalue weighted by Crippen LogP contribution is 2.23. The van der Waals surface area contributed by atoms with E-state index >= 15 is 0 Å². The first-order valence-electron chi connectivity index (χ1n) is 7.02. The van der Waals surface area contributed by atoms with Crippen molar-refractivity contribution in [2.24, 2.45) is 0 Å². The molecule has 0 amide bonds. The van der Waals surface area contributed by atoms with Crippen molar-refractivity contribution < 1.29 is 22.5 Å². The van der Waals surface area contributed by atoms with Crippen LogP contribution < -0.4 is 0 Å². The van der Waals surface area contributed by atoms with Crippen molar-refractivity contribution in [2.45, 2.75) is 25.9 Å². The van der Waals surface area contributed by atoms with E-state index in [0.717, 1.165) is 17.4 Å². The molecule has 1 unspecified atom stereocenters. The molecule has 0 radical (unpaired) electrons. The third-order valence-corrected chi connectivity index (χ3v) is 3.80. The highest BCUT2D eigenvalue weighted by molar-refractivity contribution is 7.86. The van der Waals surface area contributed by atoms with Crippen molar-refractivity contribution in [1.29, 1.82) is 0 Å². The van der Waals surface area contributed by atoms with Crippen molar-refractivity contribution in [3.63, 3.8) is 0 Å². The van der Waals surface area contributed by atoms with Crippen LogP contribution in [0.1, 0.15) is 30.1 Å². The second-order valence-electron chi connectivity index (χ2n) is 5.44. The lowest BCUT2D eigenvalue weighted by atomic mass is 10.0. The molecule has 0 heterocycles. The molecule has 0 aliphatic carbocycles. The summed E-state index contributed by atoms with van der Waals surface area (Å²) >= 11 is 0. The zero-order valence-electron chi connectivity index (χ0n) is 13.2. The Hall–Kier alpha value is -1.44. The van der Waals surface area contributed by atoms with Gasteiger partial charge in [-0.25, -0.2) is 0 Å². The van der Waals surface area contributed by atoms with E-state index in [-0.39, 0.29) is 6.42 Å². The average molecular weight is 329 g/mol. The minimum absolute atomic E-state index is 0.0542. The minimum Gasteiger partial charge on any atom is -0.481 e. The smallest absolute Gasteiger partial charge is 0.304 e. The van der Waals surface area contributed by atoms with E-state index in [0.29, 0.717) is 19.5 Å². The Bertz CT molecular complexity index is 582. The molecule has 0 aliphatic rings. The molecular formula is C15H23NO5S. The van der Waals surface area contributed by atoms with Gasteiger partial charge in [0.1, 0.15) is 6.10 Å². The maximum absolute atomic E-state index is 11.4. The van der Waals surface area contributed by atoms with Gasteiger partial charge < -0.3 is 10.0 Å². The molecule has 0 saturated heterocycles. The predicted octanol–water partition coefficient (Wildman–Crippen LogP) is 1.81. The quantitative estimate of drug-likeness (QED) is 0.696. The molecule has 0 spiro atoms. The zero-order chi connectivity index (χ0) is 16.8. The number of rotatable bonds is 9. The number of aryl methyl sites for hydroxylation is 1. The molecule has 1 rings (SSSR count). The monoisotopic (exact) mass is 329 g/mol. The van der Waals surface area contributed by atoms with Crippen LogP contribution in [0.25, 0.3) is 0 Å². The zero-order valence-corrected chi connectivity index (χ0v) is 14.0. The van der Waals surface area contributed by atoms with Crippen molar-refractivity contribution in [1.82, 2.24) is 4.90 Å². The van der Waals surface area contributed by atoms with Crippen LogP contribution in [-0.2, 0) is 19.1 Å². The first kappa shape index (κ1) is 18.6. The van der Waals surface area contributed by atoms with Crippen LogP contribution in [0.15, 0.2) is 24.3 Å². The van der Waals surface area contributed by atoms with Gasteiger partial charge in [0.25, 0.3) is 10.1 Å². The number of hydrogen-bond donors (Lipinski definition) is 1. The molecule has 6 nitrogen and oxygen atoms in total.